The lowest BCUT2D eigenvalue weighted by molar-refractivity contribution is -0.0399. The Morgan fingerprint density at radius 2 is 0.949 bits per heavy atom. The van der Waals surface area contributed by atoms with Gasteiger partial charge in [-0.05, 0) is 158 Å². The highest BCUT2D eigenvalue weighted by molar-refractivity contribution is 5.97. The average molecular weight is 762 g/mol. The highest BCUT2D eigenvalue weighted by Crippen LogP contribution is 2.70. The van der Waals surface area contributed by atoms with Crippen LogP contribution in [-0.2, 0) is 16.2 Å². The maximum absolute atomic E-state index is 2.68. The molecule has 0 unspecified atom stereocenters. The number of rotatable bonds is 4. The summed E-state index contributed by atoms with van der Waals surface area (Å²) in [4.78, 5) is 2.64. The number of fused-ring (bicyclic) bond motifs is 9. The average Bonchev–Trinajstić information content (AvgIpc) is 3.78. The van der Waals surface area contributed by atoms with Crippen molar-refractivity contribution < 1.29 is 0 Å². The van der Waals surface area contributed by atoms with Crippen LogP contribution in [0.4, 0.5) is 17.1 Å². The van der Waals surface area contributed by atoms with Crippen LogP contribution in [0.5, 0.6) is 0 Å². The highest BCUT2D eigenvalue weighted by Gasteiger charge is 2.61. The van der Waals surface area contributed by atoms with Crippen molar-refractivity contribution in [2.45, 2.75) is 76.0 Å². The fourth-order valence-electron chi connectivity index (χ4n) is 14.5. The summed E-state index contributed by atoms with van der Waals surface area (Å²) < 4.78 is 0. The summed E-state index contributed by atoms with van der Waals surface area (Å²) in [7, 11) is 0. The van der Waals surface area contributed by atoms with Crippen LogP contribution in [0.25, 0.3) is 44.5 Å². The zero-order valence-electron chi connectivity index (χ0n) is 34.7. The summed E-state index contributed by atoms with van der Waals surface area (Å²) in [6, 6.07) is 58.9. The molecular formula is C58H51N. The number of hydrogen-bond donors (Lipinski definition) is 0. The number of hydrogen-bond acceptors (Lipinski definition) is 1. The van der Waals surface area contributed by atoms with Crippen LogP contribution in [0.1, 0.15) is 93.2 Å². The Kier molecular flexibility index (Phi) is 6.82. The zero-order chi connectivity index (χ0) is 39.4. The molecule has 0 atom stereocenters. The predicted octanol–water partition coefficient (Wildman–Crippen LogP) is 15.2. The molecule has 0 amide bonds. The molecule has 4 saturated carbocycles. The molecule has 4 fully saturated rings. The van der Waals surface area contributed by atoms with E-state index in [2.05, 4.69) is 184 Å². The van der Waals surface area contributed by atoms with Gasteiger partial charge in [-0.15, -0.1) is 0 Å². The molecule has 1 nitrogen and oxygen atoms in total. The van der Waals surface area contributed by atoms with Crippen LogP contribution in [0, 0.1) is 23.7 Å². The zero-order valence-corrected chi connectivity index (χ0v) is 34.7. The molecule has 0 aliphatic heterocycles. The van der Waals surface area contributed by atoms with Gasteiger partial charge in [0.15, 0.2) is 0 Å². The van der Waals surface area contributed by atoms with Crippen molar-refractivity contribution in [2.24, 2.45) is 23.7 Å². The van der Waals surface area contributed by atoms with Crippen molar-refractivity contribution in [2.75, 3.05) is 4.90 Å². The van der Waals surface area contributed by atoms with E-state index in [1.807, 2.05) is 0 Å². The molecule has 0 radical (unpaired) electrons. The smallest absolute Gasteiger partial charge is 0.0543 e. The van der Waals surface area contributed by atoms with Crippen molar-refractivity contribution in [1.29, 1.82) is 0 Å². The molecule has 0 heterocycles. The Hall–Kier alpha value is -5.66. The van der Waals surface area contributed by atoms with Gasteiger partial charge < -0.3 is 4.90 Å². The van der Waals surface area contributed by atoms with E-state index in [1.54, 1.807) is 11.1 Å². The third-order valence-corrected chi connectivity index (χ3v) is 16.6. The van der Waals surface area contributed by atoms with Gasteiger partial charge in [0.1, 0.15) is 0 Å². The molecule has 1 spiro atoms. The Morgan fingerprint density at radius 3 is 1.69 bits per heavy atom. The largest absolute Gasteiger partial charge is 0.310 e. The Balaban J connectivity index is 1.05. The third kappa shape index (κ3) is 4.36. The summed E-state index contributed by atoms with van der Waals surface area (Å²) in [5.74, 6) is 3.26. The molecule has 7 aromatic rings. The highest BCUT2D eigenvalue weighted by atomic mass is 15.1. The summed E-state index contributed by atoms with van der Waals surface area (Å²) in [5.41, 5.74) is 23.5. The van der Waals surface area contributed by atoms with Gasteiger partial charge in [-0.25, -0.2) is 0 Å². The van der Waals surface area contributed by atoms with Gasteiger partial charge in [-0.3, -0.25) is 0 Å². The summed E-state index contributed by atoms with van der Waals surface area (Å²) >= 11 is 0. The Bertz CT molecular complexity index is 2890. The standard InChI is InChI=1S/C58H51N/c1-56(2)49-22-9-7-18-47(49)54-51(56)24-13-25-53(54)59(40-15-11-14-37(33-40)42-19-12-20-46-44-17-5-8-21-48(44)57(3,4)55(42)46)41-26-27-45-43-16-6-10-23-50(43)58(52(45)34-41)38-29-35-28-36(31-38)32-39(58)30-35/h5-27,33-36,38-39H,28-32H2,1-4H3. The van der Waals surface area contributed by atoms with Crippen molar-refractivity contribution in [3.63, 3.8) is 0 Å². The number of benzene rings is 7. The molecular weight excluding hydrogens is 711 g/mol. The molecule has 0 saturated heterocycles. The quantitative estimate of drug-likeness (QED) is 0.173. The van der Waals surface area contributed by atoms with Crippen LogP contribution >= 0.6 is 0 Å². The Labute approximate surface area is 349 Å². The van der Waals surface area contributed by atoms with Crippen molar-refractivity contribution >= 4 is 17.1 Å². The maximum atomic E-state index is 2.68. The minimum absolute atomic E-state index is 0.0926. The normalized spacial score (nSPS) is 24.9. The molecule has 1 heteroatoms. The van der Waals surface area contributed by atoms with Gasteiger partial charge >= 0.3 is 0 Å². The van der Waals surface area contributed by atoms with E-state index in [0.717, 1.165) is 23.7 Å². The van der Waals surface area contributed by atoms with E-state index in [0.29, 0.717) is 0 Å². The van der Waals surface area contributed by atoms with E-state index < -0.39 is 0 Å². The fraction of sp³-hybridized carbons (Fsp3) is 0.276. The summed E-state index contributed by atoms with van der Waals surface area (Å²) in [6.45, 7) is 9.63. The van der Waals surface area contributed by atoms with Crippen LogP contribution in [0.15, 0.2) is 152 Å². The monoisotopic (exact) mass is 761 g/mol. The first-order valence-corrected chi connectivity index (χ1v) is 22.4. The molecule has 0 N–H and O–H groups in total. The molecule has 59 heavy (non-hydrogen) atoms. The van der Waals surface area contributed by atoms with Gasteiger partial charge in [-0.2, -0.15) is 0 Å². The molecule has 7 aromatic carbocycles. The molecule has 7 aliphatic carbocycles. The van der Waals surface area contributed by atoms with Gasteiger partial charge in [0.2, 0.25) is 0 Å². The first-order valence-electron chi connectivity index (χ1n) is 22.4. The third-order valence-electron chi connectivity index (χ3n) is 16.6. The molecule has 14 rings (SSSR count). The lowest BCUT2D eigenvalue weighted by Gasteiger charge is -2.61. The minimum atomic E-state index is -0.101. The number of anilines is 3. The minimum Gasteiger partial charge on any atom is -0.310 e. The van der Waals surface area contributed by atoms with Crippen molar-refractivity contribution in [3.8, 4) is 44.5 Å². The van der Waals surface area contributed by atoms with E-state index >= 15 is 0 Å². The van der Waals surface area contributed by atoms with Crippen molar-refractivity contribution in [3.05, 3.63) is 185 Å². The first-order chi connectivity index (χ1) is 28.7. The summed E-state index contributed by atoms with van der Waals surface area (Å²) in [5, 5.41) is 0. The molecule has 0 aromatic heterocycles. The van der Waals surface area contributed by atoms with E-state index in [9.17, 15) is 0 Å². The topological polar surface area (TPSA) is 3.24 Å². The van der Waals surface area contributed by atoms with Crippen molar-refractivity contribution in [1.82, 2.24) is 0 Å². The lowest BCUT2D eigenvalue weighted by Crippen LogP contribution is -2.55. The maximum Gasteiger partial charge on any atom is 0.0543 e. The Morgan fingerprint density at radius 1 is 0.407 bits per heavy atom. The first kappa shape index (κ1) is 34.2. The lowest BCUT2D eigenvalue weighted by atomic mass is 9.43. The van der Waals surface area contributed by atoms with E-state index in [4.69, 9.17) is 0 Å². The molecule has 4 bridgehead atoms. The second-order valence-electron chi connectivity index (χ2n) is 20.1. The summed E-state index contributed by atoms with van der Waals surface area (Å²) in [6.07, 6.45) is 7.01. The van der Waals surface area contributed by atoms with Crippen LogP contribution in [-0.4, -0.2) is 0 Å². The second kappa shape index (κ2) is 11.8. The van der Waals surface area contributed by atoms with Gasteiger partial charge in [0.25, 0.3) is 0 Å². The SMILES string of the molecule is CC1(C)c2ccccc2-c2c(N(c3cccc(-c4cccc5c4C(C)(C)c4ccccc4-5)c3)c3ccc4c(c3)C3(c5ccccc5-4)C4CC5CC(C4)CC3C5)cccc21. The van der Waals surface area contributed by atoms with Gasteiger partial charge in [-0.1, -0.05) is 149 Å². The molecule has 7 aliphatic rings. The predicted molar refractivity (Wildman–Crippen MR) is 245 cm³/mol. The van der Waals surface area contributed by atoms with Gasteiger partial charge in [0.05, 0.1) is 5.69 Å². The van der Waals surface area contributed by atoms with E-state index in [1.165, 1.54) is 116 Å². The second-order valence-corrected chi connectivity index (χ2v) is 20.1. The van der Waals surface area contributed by atoms with Crippen LogP contribution < -0.4 is 4.90 Å². The van der Waals surface area contributed by atoms with Crippen LogP contribution in [0.2, 0.25) is 0 Å². The van der Waals surface area contributed by atoms with E-state index in [-0.39, 0.29) is 16.2 Å². The molecule has 288 valence electrons. The van der Waals surface area contributed by atoms with Gasteiger partial charge in [0, 0.05) is 33.2 Å². The van der Waals surface area contributed by atoms with Crippen LogP contribution in [0.3, 0.4) is 0 Å². The number of nitrogens with zero attached hydrogens (tertiary/aromatic N) is 1. The fourth-order valence-corrected chi connectivity index (χ4v) is 14.5.